The largest absolute Gasteiger partial charge is 0.519 e. The molecular weight excluding hydrogens is 844 g/mol. The summed E-state index contributed by atoms with van der Waals surface area (Å²) in [5, 5.41) is 4.16. The maximum atomic E-state index is 15.0. The fourth-order valence-electron chi connectivity index (χ4n) is 16.3. The maximum absolute atomic E-state index is 15.0. The molecule has 0 radical (unpaired) electrons. The van der Waals surface area contributed by atoms with Gasteiger partial charge in [0.05, 0.1) is 18.6 Å². The number of nitrogens with one attached hydrogen (secondary N) is 1. The second-order valence-electron chi connectivity index (χ2n) is 25.7. The number of piperidine rings is 1. The molecule has 66 heavy (non-hydrogen) atoms. The number of likely N-dealkylation sites (tertiary alicyclic amines) is 1. The first kappa shape index (κ1) is 51.5. The van der Waals surface area contributed by atoms with Gasteiger partial charge in [0.15, 0.2) is 5.41 Å². The molecule has 7 rings (SSSR count). The van der Waals surface area contributed by atoms with Gasteiger partial charge in [-0.15, -0.1) is 0 Å². The number of rotatable bonds is 13. The first-order chi connectivity index (χ1) is 30.8. The Bertz CT molecular complexity index is 1930. The molecule has 0 amide bonds. The lowest BCUT2D eigenvalue weighted by Crippen LogP contribution is -2.68. The normalized spacial score (nSPS) is 38.6. The zero-order valence-corrected chi connectivity index (χ0v) is 44.9. The van der Waals surface area contributed by atoms with Crippen LogP contribution in [0.3, 0.4) is 0 Å². The van der Waals surface area contributed by atoms with Crippen molar-refractivity contribution in [3.63, 3.8) is 0 Å². The Kier molecular flexibility index (Phi) is 14.2. The highest BCUT2D eigenvalue weighted by Crippen LogP contribution is 2.76. The highest BCUT2D eigenvalue weighted by Gasteiger charge is 2.70. The van der Waals surface area contributed by atoms with Crippen molar-refractivity contribution in [3.05, 3.63) is 35.5 Å². The van der Waals surface area contributed by atoms with Gasteiger partial charge in [-0.3, -0.25) is 14.4 Å². The van der Waals surface area contributed by atoms with Crippen molar-refractivity contribution >= 4 is 26.2 Å². The molecule has 1 saturated heterocycles. The van der Waals surface area contributed by atoms with Crippen molar-refractivity contribution in [1.29, 1.82) is 0 Å². The van der Waals surface area contributed by atoms with Crippen molar-refractivity contribution in [2.45, 2.75) is 190 Å². The molecule has 1 aliphatic heterocycles. The number of hydrogen-bond donors (Lipinski definition) is 1. The van der Waals surface area contributed by atoms with E-state index in [9.17, 15) is 14.4 Å². The van der Waals surface area contributed by atoms with E-state index in [1.54, 1.807) is 13.8 Å². The standard InChI is InChI=1S/C56H91FN2O6Si/c1-15-63-47(61)55(48(62)64-16-2)31-34-59(35-32-55)36-33-58-56-28-21-40(38(3)4)45(56)42-17-18-44-51(10)24-22-41(50(8,9)43(51)23-25-53(44,12)52(42,11)29-30-56)39-19-26-54(37-57,27-20-39)46(60)65-66(13,14)49(5,6)7/h19,22,40,42-45,58H,3,15-18,20-21,23-37H2,1-2,4-14H3/t40-,42+,43-,44+,45+,51-,52+,53+,54+,56-/m0/s1. The molecule has 1 N–H and O–H groups in total. The molecule has 10 atom stereocenters. The van der Waals surface area contributed by atoms with E-state index in [-0.39, 0.29) is 51.4 Å². The van der Waals surface area contributed by atoms with Crippen molar-refractivity contribution in [2.75, 3.05) is 46.1 Å². The van der Waals surface area contributed by atoms with Crippen LogP contribution < -0.4 is 5.32 Å². The molecular formula is C56H91FN2O6Si. The van der Waals surface area contributed by atoms with Gasteiger partial charge in [-0.25, -0.2) is 4.39 Å². The second kappa shape index (κ2) is 18.1. The smallest absolute Gasteiger partial charge is 0.323 e. The summed E-state index contributed by atoms with van der Waals surface area (Å²) < 4.78 is 32.1. The summed E-state index contributed by atoms with van der Waals surface area (Å²) in [5.41, 5.74) is 2.55. The summed E-state index contributed by atoms with van der Waals surface area (Å²) in [4.78, 5) is 42.4. The number of esters is 2. The number of ether oxygens (including phenoxy) is 2. The number of nitrogens with zero attached hydrogens (tertiary/aromatic N) is 1. The number of carbonyl (C=O) groups excluding carboxylic acids is 3. The molecule has 0 aromatic heterocycles. The van der Waals surface area contributed by atoms with E-state index < -0.39 is 37.8 Å². The number of carbonyl (C=O) groups is 3. The third kappa shape index (κ3) is 8.18. The summed E-state index contributed by atoms with van der Waals surface area (Å²) in [6.07, 6.45) is 18.3. The minimum absolute atomic E-state index is 0.0229. The van der Waals surface area contributed by atoms with E-state index in [2.05, 4.69) is 104 Å². The van der Waals surface area contributed by atoms with Gasteiger partial charge in [0.2, 0.25) is 0 Å². The Hall–Kier alpha value is -2.30. The SMILES string of the molecule is C=C(C)[C@@H]1CC[C@]2(NCCN3CCC(C(=O)OCC)(C(=O)OCC)CC3)CC[C@]3(C)[C@H](CC[C@@H]4[C@@]5(C)CC=C(C6=CC[C@@](CF)(C(=O)O[Si](C)(C)C(C)(C)C)CC6)C(C)(C)[C@@H]5CC[C@]43C)[C@@H]12. The zero-order chi connectivity index (χ0) is 48.5. The first-order valence-corrected chi connectivity index (χ1v) is 29.4. The minimum atomic E-state index is -2.38. The van der Waals surface area contributed by atoms with Gasteiger partial charge in [-0.1, -0.05) is 79.7 Å². The Labute approximate surface area is 401 Å². The molecule has 4 saturated carbocycles. The molecule has 6 aliphatic carbocycles. The second-order valence-corrected chi connectivity index (χ2v) is 30.4. The van der Waals surface area contributed by atoms with Crippen molar-refractivity contribution in [2.24, 2.45) is 62.1 Å². The van der Waals surface area contributed by atoms with Crippen LogP contribution in [0.1, 0.15) is 166 Å². The predicted octanol–water partition coefficient (Wildman–Crippen LogP) is 12.3. The van der Waals surface area contributed by atoms with Crippen LogP contribution in [0.15, 0.2) is 35.5 Å². The Morgan fingerprint density at radius 2 is 1.47 bits per heavy atom. The summed E-state index contributed by atoms with van der Waals surface area (Å²) in [5.74, 6) is 1.68. The predicted molar refractivity (Wildman–Crippen MR) is 266 cm³/mol. The van der Waals surface area contributed by atoms with Gasteiger partial charge in [0.1, 0.15) is 6.67 Å². The Morgan fingerprint density at radius 3 is 2.03 bits per heavy atom. The van der Waals surface area contributed by atoms with E-state index in [0.29, 0.717) is 68.4 Å². The highest BCUT2D eigenvalue weighted by atomic mass is 28.4. The molecule has 0 unspecified atom stereocenters. The summed E-state index contributed by atoms with van der Waals surface area (Å²) in [6.45, 7) is 37.1. The van der Waals surface area contributed by atoms with Gasteiger partial charge < -0.3 is 24.1 Å². The Balaban J connectivity index is 1.06. The highest BCUT2D eigenvalue weighted by molar-refractivity contribution is 6.75. The fourth-order valence-corrected chi connectivity index (χ4v) is 17.2. The third-order valence-electron chi connectivity index (χ3n) is 21.4. The molecule has 7 aliphatic rings. The number of halogens is 1. The average molecular weight is 935 g/mol. The molecule has 8 nitrogen and oxygen atoms in total. The van der Waals surface area contributed by atoms with Crippen LogP contribution in [0, 0.1) is 62.1 Å². The first-order valence-electron chi connectivity index (χ1n) is 26.4. The molecule has 0 aromatic carbocycles. The fraction of sp³-hybridized carbons (Fsp3) is 0.839. The number of alkyl halides is 1. The van der Waals surface area contributed by atoms with Crippen LogP contribution in [0.5, 0.6) is 0 Å². The molecule has 0 aromatic rings. The lowest BCUT2D eigenvalue weighted by atomic mass is 9.33. The van der Waals surface area contributed by atoms with Gasteiger partial charge >= 0.3 is 17.9 Å². The van der Waals surface area contributed by atoms with Crippen LogP contribution in [0.2, 0.25) is 18.1 Å². The van der Waals surface area contributed by atoms with E-state index in [1.807, 2.05) is 0 Å². The van der Waals surface area contributed by atoms with E-state index in [1.165, 1.54) is 68.1 Å². The van der Waals surface area contributed by atoms with Crippen LogP contribution in [-0.4, -0.2) is 82.7 Å². The summed E-state index contributed by atoms with van der Waals surface area (Å²) >= 11 is 0. The quantitative estimate of drug-likeness (QED) is 0.0845. The number of allylic oxidation sites excluding steroid dienone is 5. The lowest BCUT2D eigenvalue weighted by molar-refractivity contribution is -0.221. The molecule has 0 bridgehead atoms. The Morgan fingerprint density at radius 1 is 0.818 bits per heavy atom. The minimum Gasteiger partial charge on any atom is -0.519 e. The van der Waals surface area contributed by atoms with Gasteiger partial charge in [-0.05, 0) is 204 Å². The van der Waals surface area contributed by atoms with E-state index >= 15 is 4.39 Å². The van der Waals surface area contributed by atoms with Gasteiger partial charge in [0.25, 0.3) is 8.32 Å². The number of hydrogen-bond acceptors (Lipinski definition) is 8. The molecule has 0 spiro atoms. The van der Waals surface area contributed by atoms with Crippen LogP contribution in [0.25, 0.3) is 0 Å². The summed E-state index contributed by atoms with van der Waals surface area (Å²) in [7, 11) is -2.38. The maximum Gasteiger partial charge on any atom is 0.323 e. The zero-order valence-electron chi connectivity index (χ0n) is 43.9. The molecule has 5 fully saturated rings. The third-order valence-corrected chi connectivity index (χ3v) is 25.7. The van der Waals surface area contributed by atoms with Gasteiger partial charge in [0, 0.05) is 18.6 Å². The molecule has 372 valence electrons. The monoisotopic (exact) mass is 935 g/mol. The van der Waals surface area contributed by atoms with Crippen LogP contribution in [-0.2, 0) is 28.3 Å². The van der Waals surface area contributed by atoms with E-state index in [4.69, 9.17) is 13.9 Å². The van der Waals surface area contributed by atoms with Crippen LogP contribution >= 0.6 is 0 Å². The van der Waals surface area contributed by atoms with Crippen molar-refractivity contribution < 1.29 is 32.7 Å². The van der Waals surface area contributed by atoms with E-state index in [0.717, 1.165) is 25.9 Å². The molecule has 10 heteroatoms. The lowest BCUT2D eigenvalue weighted by Gasteiger charge is -2.72. The average Bonchev–Trinajstić information content (AvgIpc) is 3.64. The van der Waals surface area contributed by atoms with Crippen molar-refractivity contribution in [1.82, 2.24) is 10.2 Å². The van der Waals surface area contributed by atoms with Gasteiger partial charge in [-0.2, -0.15) is 0 Å². The van der Waals surface area contributed by atoms with Crippen molar-refractivity contribution in [3.8, 4) is 0 Å². The van der Waals surface area contributed by atoms with Crippen LogP contribution in [0.4, 0.5) is 4.39 Å². The molecule has 1 heterocycles. The number of fused-ring (bicyclic) bond motifs is 7. The summed E-state index contributed by atoms with van der Waals surface area (Å²) in [6, 6.07) is 0. The topological polar surface area (TPSA) is 94.2 Å².